The van der Waals surface area contributed by atoms with Crippen molar-refractivity contribution in [3.05, 3.63) is 16.1 Å². The third-order valence-electron chi connectivity index (χ3n) is 4.29. The summed E-state index contributed by atoms with van der Waals surface area (Å²) in [4.78, 5) is 4.81. The maximum absolute atomic E-state index is 5.85. The molecule has 0 aromatic carbocycles. The third-order valence-corrected chi connectivity index (χ3v) is 5.16. The Morgan fingerprint density at radius 2 is 1.90 bits per heavy atom. The van der Waals surface area contributed by atoms with Crippen LogP contribution in [0.2, 0.25) is 0 Å². The van der Waals surface area contributed by atoms with E-state index in [0.29, 0.717) is 6.04 Å². The van der Waals surface area contributed by atoms with Gasteiger partial charge in [0.25, 0.3) is 0 Å². The van der Waals surface area contributed by atoms with Gasteiger partial charge in [-0.25, -0.2) is 4.98 Å². The van der Waals surface area contributed by atoms with E-state index < -0.39 is 0 Å². The number of aromatic nitrogens is 1. The summed E-state index contributed by atoms with van der Waals surface area (Å²) in [5, 5.41) is 6.82. The van der Waals surface area contributed by atoms with Crippen LogP contribution in [0.15, 0.2) is 5.38 Å². The molecule has 0 saturated heterocycles. The minimum absolute atomic E-state index is 0.109. The number of ether oxygens (including phenoxy) is 1. The Morgan fingerprint density at radius 1 is 1.30 bits per heavy atom. The zero-order chi connectivity index (χ0) is 15.4. The van der Waals surface area contributed by atoms with Crippen LogP contribution in [0.4, 0.5) is 0 Å². The fraction of sp³-hybridized carbons (Fsp3) is 0.812. The van der Waals surface area contributed by atoms with Crippen LogP contribution in [0, 0.1) is 0 Å². The number of hydrogen-bond donors (Lipinski definition) is 1. The first-order valence-electron chi connectivity index (χ1n) is 7.50. The fourth-order valence-corrected chi connectivity index (χ4v) is 3.72. The number of methoxy groups -OCH3 is 1. The van der Waals surface area contributed by atoms with Gasteiger partial charge in [0.2, 0.25) is 0 Å². The van der Waals surface area contributed by atoms with Crippen molar-refractivity contribution in [2.75, 3.05) is 14.2 Å². The molecule has 3 nitrogen and oxygen atoms in total. The smallest absolute Gasteiger partial charge is 0.0945 e. The number of nitrogens with zero attached hydrogens (tertiary/aromatic N) is 1. The van der Waals surface area contributed by atoms with Gasteiger partial charge >= 0.3 is 0 Å². The monoisotopic (exact) mass is 298 g/mol. The summed E-state index contributed by atoms with van der Waals surface area (Å²) in [7, 11) is 3.84. The Labute approximate surface area is 128 Å². The zero-order valence-electron chi connectivity index (χ0n) is 14.0. The average Bonchev–Trinajstić information content (AvgIpc) is 2.88. The second-order valence-corrected chi connectivity index (χ2v) is 7.34. The van der Waals surface area contributed by atoms with Crippen molar-refractivity contribution in [3.63, 3.8) is 0 Å². The maximum atomic E-state index is 5.85. The summed E-state index contributed by atoms with van der Waals surface area (Å²) in [5.41, 5.74) is 1.20. The van der Waals surface area contributed by atoms with Crippen molar-refractivity contribution in [2.24, 2.45) is 0 Å². The molecule has 1 aromatic rings. The van der Waals surface area contributed by atoms with E-state index in [1.807, 2.05) is 14.2 Å². The van der Waals surface area contributed by atoms with Gasteiger partial charge in [-0.3, -0.25) is 0 Å². The summed E-state index contributed by atoms with van der Waals surface area (Å²) < 4.78 is 5.85. The molecule has 0 saturated carbocycles. The molecular weight excluding hydrogens is 268 g/mol. The van der Waals surface area contributed by atoms with Crippen molar-refractivity contribution in [3.8, 4) is 0 Å². The molecule has 1 aromatic heterocycles. The Morgan fingerprint density at radius 3 is 2.25 bits per heavy atom. The molecule has 0 spiro atoms. The fourth-order valence-electron chi connectivity index (χ4n) is 2.65. The van der Waals surface area contributed by atoms with Crippen molar-refractivity contribution in [1.29, 1.82) is 0 Å². The van der Waals surface area contributed by atoms with E-state index in [1.54, 1.807) is 11.3 Å². The lowest BCUT2D eigenvalue weighted by molar-refractivity contribution is -0.0454. The summed E-state index contributed by atoms with van der Waals surface area (Å²) in [6.45, 7) is 11.0. The molecule has 1 N–H and O–H groups in total. The van der Waals surface area contributed by atoms with Gasteiger partial charge < -0.3 is 10.1 Å². The molecule has 1 atom stereocenters. The largest absolute Gasteiger partial charge is 0.377 e. The summed E-state index contributed by atoms with van der Waals surface area (Å²) >= 11 is 1.76. The Balaban J connectivity index is 2.91. The summed E-state index contributed by atoms with van der Waals surface area (Å²) in [6, 6.07) is 0.293. The van der Waals surface area contributed by atoms with Crippen molar-refractivity contribution < 1.29 is 4.74 Å². The van der Waals surface area contributed by atoms with Crippen LogP contribution in [0.25, 0.3) is 0 Å². The van der Waals surface area contributed by atoms with E-state index in [2.05, 4.69) is 45.3 Å². The molecule has 1 rings (SSSR count). The van der Waals surface area contributed by atoms with Gasteiger partial charge in [0.1, 0.15) is 0 Å². The number of nitrogens with one attached hydrogen (secondary N) is 1. The van der Waals surface area contributed by atoms with Crippen LogP contribution in [0.3, 0.4) is 0 Å². The standard InChI is InChI=1S/C16H30N2OS/c1-8-16(9-2,19-7)12(17-6)10-14-18-13(11-20-14)15(3,4)5/h11-12,17H,8-10H2,1-7H3. The normalized spacial score (nSPS) is 14.6. The lowest BCUT2D eigenvalue weighted by Gasteiger charge is -2.38. The average molecular weight is 298 g/mol. The molecule has 4 heteroatoms. The highest BCUT2D eigenvalue weighted by Crippen LogP contribution is 2.29. The molecular formula is C16H30N2OS. The van der Waals surface area contributed by atoms with Gasteiger partial charge in [-0.2, -0.15) is 0 Å². The minimum Gasteiger partial charge on any atom is -0.377 e. The predicted octanol–water partition coefficient (Wildman–Crippen LogP) is 3.78. The number of hydrogen-bond acceptors (Lipinski definition) is 4. The van der Waals surface area contributed by atoms with E-state index in [0.717, 1.165) is 19.3 Å². The topological polar surface area (TPSA) is 34.1 Å². The second-order valence-electron chi connectivity index (χ2n) is 6.40. The van der Waals surface area contributed by atoms with Crippen LogP contribution in [-0.4, -0.2) is 30.8 Å². The van der Waals surface area contributed by atoms with Crippen LogP contribution >= 0.6 is 11.3 Å². The quantitative estimate of drug-likeness (QED) is 0.832. The van der Waals surface area contributed by atoms with Gasteiger partial charge in [-0.15, -0.1) is 11.3 Å². The van der Waals surface area contributed by atoms with Crippen LogP contribution < -0.4 is 5.32 Å². The molecule has 1 heterocycles. The molecule has 0 aliphatic rings. The van der Waals surface area contributed by atoms with E-state index in [1.165, 1.54) is 10.7 Å². The first-order chi connectivity index (χ1) is 9.32. The van der Waals surface area contributed by atoms with E-state index in [-0.39, 0.29) is 11.0 Å². The molecule has 1 unspecified atom stereocenters. The predicted molar refractivity (Wildman–Crippen MR) is 87.7 cm³/mol. The first-order valence-corrected chi connectivity index (χ1v) is 8.38. The first kappa shape index (κ1) is 17.6. The van der Waals surface area contributed by atoms with Crippen LogP contribution in [0.5, 0.6) is 0 Å². The number of rotatable bonds is 7. The van der Waals surface area contributed by atoms with Gasteiger partial charge in [0.05, 0.1) is 16.3 Å². The van der Waals surface area contributed by atoms with Crippen molar-refractivity contribution in [1.82, 2.24) is 10.3 Å². The molecule has 0 aliphatic carbocycles. The maximum Gasteiger partial charge on any atom is 0.0945 e. The Hall–Kier alpha value is -0.450. The highest BCUT2D eigenvalue weighted by Gasteiger charge is 2.35. The summed E-state index contributed by atoms with van der Waals surface area (Å²) in [5.74, 6) is 0. The SMILES string of the molecule is CCC(CC)(OC)C(Cc1nc(C(C)(C)C)cs1)NC. The van der Waals surface area contributed by atoms with Gasteiger partial charge in [0.15, 0.2) is 0 Å². The Bertz CT molecular complexity index is 397. The van der Waals surface area contributed by atoms with Gasteiger partial charge in [-0.05, 0) is 19.9 Å². The molecule has 116 valence electrons. The van der Waals surface area contributed by atoms with Gasteiger partial charge in [-0.1, -0.05) is 34.6 Å². The lowest BCUT2D eigenvalue weighted by Crippen LogP contribution is -2.51. The molecule has 20 heavy (non-hydrogen) atoms. The molecule has 0 fully saturated rings. The van der Waals surface area contributed by atoms with E-state index >= 15 is 0 Å². The van der Waals surface area contributed by atoms with Crippen LogP contribution in [0.1, 0.15) is 58.2 Å². The highest BCUT2D eigenvalue weighted by molar-refractivity contribution is 7.09. The Kier molecular flexibility index (Phi) is 6.17. The molecule has 0 amide bonds. The lowest BCUT2D eigenvalue weighted by atomic mass is 9.86. The minimum atomic E-state index is -0.109. The molecule has 0 aliphatic heterocycles. The van der Waals surface area contributed by atoms with Gasteiger partial charge in [0, 0.05) is 30.4 Å². The second kappa shape index (κ2) is 7.01. The molecule has 0 bridgehead atoms. The summed E-state index contributed by atoms with van der Waals surface area (Å²) in [6.07, 6.45) is 2.93. The van der Waals surface area contributed by atoms with Crippen LogP contribution in [-0.2, 0) is 16.6 Å². The van der Waals surface area contributed by atoms with E-state index in [4.69, 9.17) is 9.72 Å². The number of likely N-dealkylation sites (N-methyl/N-ethyl adjacent to an activating group) is 1. The third kappa shape index (κ3) is 3.80. The van der Waals surface area contributed by atoms with Crippen molar-refractivity contribution in [2.45, 2.75) is 70.9 Å². The zero-order valence-corrected chi connectivity index (χ0v) is 14.9. The van der Waals surface area contributed by atoms with Crippen molar-refractivity contribution >= 4 is 11.3 Å². The number of thiazole rings is 1. The van der Waals surface area contributed by atoms with E-state index in [9.17, 15) is 0 Å². The highest BCUT2D eigenvalue weighted by atomic mass is 32.1. The molecule has 0 radical (unpaired) electrons.